The predicted molar refractivity (Wildman–Crippen MR) is 82.6 cm³/mol. The van der Waals surface area contributed by atoms with Gasteiger partial charge in [0.15, 0.2) is 0 Å². The van der Waals surface area contributed by atoms with Gasteiger partial charge in [0.25, 0.3) is 0 Å². The quantitative estimate of drug-likeness (QED) is 0.837. The van der Waals surface area contributed by atoms with Gasteiger partial charge in [-0.15, -0.1) is 0 Å². The maximum absolute atomic E-state index is 12.0. The molecular weight excluding hydrogens is 250 g/mol. The number of carbonyl (C=O) groups is 1. The number of rotatable bonds is 6. The summed E-state index contributed by atoms with van der Waals surface area (Å²) in [7, 11) is 0. The van der Waals surface area contributed by atoms with E-state index in [0.717, 1.165) is 31.7 Å². The molecule has 0 aromatic heterocycles. The van der Waals surface area contributed by atoms with Crippen LogP contribution in [0.2, 0.25) is 0 Å². The molecule has 1 aliphatic rings. The maximum Gasteiger partial charge on any atom is 0.225 e. The molecule has 0 bridgehead atoms. The van der Waals surface area contributed by atoms with Gasteiger partial charge in [-0.25, -0.2) is 0 Å². The van der Waals surface area contributed by atoms with Crippen LogP contribution in [0.3, 0.4) is 0 Å². The molecule has 2 rings (SSSR count). The molecule has 1 atom stereocenters. The summed E-state index contributed by atoms with van der Waals surface area (Å²) in [6.45, 7) is 2.67. The van der Waals surface area contributed by atoms with Crippen LogP contribution in [0.1, 0.15) is 32.1 Å². The average Bonchev–Trinajstić information content (AvgIpc) is 2.48. The lowest BCUT2D eigenvalue weighted by molar-refractivity contribution is -0.116. The highest BCUT2D eigenvalue weighted by molar-refractivity contribution is 5.90. The molecule has 3 N–H and O–H groups in total. The maximum atomic E-state index is 12.0. The van der Waals surface area contributed by atoms with Gasteiger partial charge in [-0.3, -0.25) is 9.69 Å². The van der Waals surface area contributed by atoms with Crippen LogP contribution in [0.5, 0.6) is 0 Å². The summed E-state index contributed by atoms with van der Waals surface area (Å²) in [6, 6.07) is 10.2. The van der Waals surface area contributed by atoms with Crippen molar-refractivity contribution in [3.8, 4) is 0 Å². The highest BCUT2D eigenvalue weighted by Crippen LogP contribution is 2.19. The summed E-state index contributed by atoms with van der Waals surface area (Å²) in [4.78, 5) is 14.4. The van der Waals surface area contributed by atoms with Crippen molar-refractivity contribution >= 4 is 11.6 Å². The first kappa shape index (κ1) is 15.0. The Morgan fingerprint density at radius 1 is 1.30 bits per heavy atom. The number of nitrogens with two attached hydrogens (primary N) is 1. The van der Waals surface area contributed by atoms with Crippen LogP contribution in [-0.2, 0) is 4.79 Å². The Labute approximate surface area is 121 Å². The second-order valence-electron chi connectivity index (χ2n) is 5.43. The average molecular weight is 275 g/mol. The van der Waals surface area contributed by atoms with Gasteiger partial charge in [0.05, 0.1) is 0 Å². The first-order valence-corrected chi connectivity index (χ1v) is 7.58. The number of hydrogen-bond acceptors (Lipinski definition) is 3. The summed E-state index contributed by atoms with van der Waals surface area (Å²) < 4.78 is 0. The van der Waals surface area contributed by atoms with Crippen LogP contribution in [0.25, 0.3) is 0 Å². The number of benzene rings is 1. The van der Waals surface area contributed by atoms with Crippen molar-refractivity contribution in [1.29, 1.82) is 0 Å². The molecule has 1 aliphatic heterocycles. The summed E-state index contributed by atoms with van der Waals surface area (Å²) in [5.74, 6) is 0.0910. The second kappa shape index (κ2) is 8.02. The third kappa shape index (κ3) is 4.62. The third-order valence-corrected chi connectivity index (χ3v) is 3.93. The molecule has 4 nitrogen and oxygen atoms in total. The number of amides is 1. The number of likely N-dealkylation sites (tertiary alicyclic amines) is 1. The minimum absolute atomic E-state index is 0.0910. The molecular formula is C16H25N3O. The molecule has 1 saturated heterocycles. The van der Waals surface area contributed by atoms with Gasteiger partial charge >= 0.3 is 0 Å². The first-order chi connectivity index (χ1) is 9.79. The minimum atomic E-state index is 0.0910. The highest BCUT2D eigenvalue weighted by Gasteiger charge is 2.21. The standard InChI is InChI=1S/C16H25N3O/c17-11-9-15-8-4-5-12-19(15)13-10-16(20)18-14-6-2-1-3-7-14/h1-3,6-7,15H,4-5,8-13,17H2,(H,18,20). The summed E-state index contributed by atoms with van der Waals surface area (Å²) in [5, 5.41) is 2.94. The Bertz CT molecular complexity index is 405. The lowest BCUT2D eigenvalue weighted by Crippen LogP contribution is -2.42. The van der Waals surface area contributed by atoms with E-state index in [-0.39, 0.29) is 5.91 Å². The number of para-hydroxylation sites is 1. The molecule has 1 fully saturated rings. The Morgan fingerprint density at radius 2 is 2.10 bits per heavy atom. The van der Waals surface area contributed by atoms with Crippen molar-refractivity contribution in [2.45, 2.75) is 38.1 Å². The van der Waals surface area contributed by atoms with Crippen molar-refractivity contribution in [2.75, 3.05) is 25.0 Å². The Hall–Kier alpha value is -1.39. The number of hydrogen-bond donors (Lipinski definition) is 2. The van der Waals surface area contributed by atoms with Gasteiger partial charge < -0.3 is 11.1 Å². The molecule has 20 heavy (non-hydrogen) atoms. The van der Waals surface area contributed by atoms with Crippen molar-refractivity contribution in [2.24, 2.45) is 5.73 Å². The monoisotopic (exact) mass is 275 g/mol. The van der Waals surface area contributed by atoms with E-state index in [0.29, 0.717) is 12.5 Å². The van der Waals surface area contributed by atoms with Crippen LogP contribution in [0, 0.1) is 0 Å². The fourth-order valence-corrected chi connectivity index (χ4v) is 2.86. The highest BCUT2D eigenvalue weighted by atomic mass is 16.1. The zero-order chi connectivity index (χ0) is 14.2. The summed E-state index contributed by atoms with van der Waals surface area (Å²) >= 11 is 0. The Morgan fingerprint density at radius 3 is 2.85 bits per heavy atom. The van der Waals surface area contributed by atoms with Crippen LogP contribution in [0.15, 0.2) is 30.3 Å². The largest absolute Gasteiger partial charge is 0.330 e. The Balaban J connectivity index is 1.77. The van der Waals surface area contributed by atoms with Crippen molar-refractivity contribution < 1.29 is 4.79 Å². The van der Waals surface area contributed by atoms with E-state index in [2.05, 4.69) is 10.2 Å². The number of carbonyl (C=O) groups excluding carboxylic acids is 1. The van der Waals surface area contributed by atoms with Crippen LogP contribution in [-0.4, -0.2) is 36.5 Å². The molecule has 0 radical (unpaired) electrons. The Kier molecular flexibility index (Phi) is 6.02. The molecule has 1 amide bonds. The molecule has 1 aromatic rings. The van der Waals surface area contributed by atoms with E-state index in [1.807, 2.05) is 30.3 Å². The SMILES string of the molecule is NCCC1CCCCN1CCC(=O)Nc1ccccc1. The van der Waals surface area contributed by atoms with Gasteiger partial charge in [-0.05, 0) is 44.5 Å². The molecule has 0 saturated carbocycles. The van der Waals surface area contributed by atoms with Crippen LogP contribution in [0.4, 0.5) is 5.69 Å². The number of piperidine rings is 1. The van der Waals surface area contributed by atoms with Crippen LogP contribution < -0.4 is 11.1 Å². The summed E-state index contributed by atoms with van der Waals surface area (Å²) in [5.41, 5.74) is 6.54. The normalized spacial score (nSPS) is 19.8. The first-order valence-electron chi connectivity index (χ1n) is 7.58. The van der Waals surface area contributed by atoms with E-state index in [1.54, 1.807) is 0 Å². The molecule has 1 heterocycles. The van der Waals surface area contributed by atoms with Gasteiger partial charge in [0.1, 0.15) is 0 Å². The van der Waals surface area contributed by atoms with Gasteiger partial charge in [-0.1, -0.05) is 24.6 Å². The number of anilines is 1. The van der Waals surface area contributed by atoms with E-state index >= 15 is 0 Å². The van der Waals surface area contributed by atoms with Crippen molar-refractivity contribution in [3.05, 3.63) is 30.3 Å². The number of nitrogens with one attached hydrogen (secondary N) is 1. The molecule has 4 heteroatoms. The zero-order valence-corrected chi connectivity index (χ0v) is 12.1. The molecule has 0 spiro atoms. The van der Waals surface area contributed by atoms with E-state index in [1.165, 1.54) is 19.3 Å². The van der Waals surface area contributed by atoms with E-state index in [9.17, 15) is 4.79 Å². The molecule has 110 valence electrons. The smallest absolute Gasteiger partial charge is 0.225 e. The lowest BCUT2D eigenvalue weighted by Gasteiger charge is -2.35. The van der Waals surface area contributed by atoms with Gasteiger partial charge in [0, 0.05) is 24.7 Å². The van der Waals surface area contributed by atoms with Crippen molar-refractivity contribution in [1.82, 2.24) is 4.90 Å². The van der Waals surface area contributed by atoms with Gasteiger partial charge in [0.2, 0.25) is 5.91 Å². The fourth-order valence-electron chi connectivity index (χ4n) is 2.86. The van der Waals surface area contributed by atoms with Crippen LogP contribution >= 0.6 is 0 Å². The lowest BCUT2D eigenvalue weighted by atomic mass is 9.99. The topological polar surface area (TPSA) is 58.4 Å². The molecule has 1 aromatic carbocycles. The number of nitrogens with zero attached hydrogens (tertiary/aromatic N) is 1. The third-order valence-electron chi connectivity index (χ3n) is 3.93. The fraction of sp³-hybridized carbons (Fsp3) is 0.562. The van der Waals surface area contributed by atoms with E-state index in [4.69, 9.17) is 5.73 Å². The molecule has 0 aliphatic carbocycles. The zero-order valence-electron chi connectivity index (χ0n) is 12.1. The van der Waals surface area contributed by atoms with E-state index < -0.39 is 0 Å². The minimum Gasteiger partial charge on any atom is -0.330 e. The molecule has 1 unspecified atom stereocenters. The van der Waals surface area contributed by atoms with Crippen molar-refractivity contribution in [3.63, 3.8) is 0 Å². The van der Waals surface area contributed by atoms with Gasteiger partial charge in [-0.2, -0.15) is 0 Å². The summed E-state index contributed by atoms with van der Waals surface area (Å²) in [6.07, 6.45) is 5.34. The predicted octanol–water partition coefficient (Wildman–Crippen LogP) is 2.22. The second-order valence-corrected chi connectivity index (χ2v) is 5.43.